The minimum Gasteiger partial charge on any atom is -0.348 e. The Bertz CT molecular complexity index is 1160. The Labute approximate surface area is 183 Å². The van der Waals surface area contributed by atoms with E-state index in [0.717, 1.165) is 41.7 Å². The van der Waals surface area contributed by atoms with E-state index in [1.807, 2.05) is 6.07 Å². The van der Waals surface area contributed by atoms with Crippen LogP contribution in [0.15, 0.2) is 63.8 Å². The summed E-state index contributed by atoms with van der Waals surface area (Å²) < 4.78 is 13.5. The second-order valence-corrected chi connectivity index (χ2v) is 8.66. The molecule has 31 heavy (non-hydrogen) atoms. The zero-order chi connectivity index (χ0) is 21.2. The second kappa shape index (κ2) is 8.55. The van der Waals surface area contributed by atoms with Gasteiger partial charge in [0.1, 0.15) is 16.5 Å². The van der Waals surface area contributed by atoms with Gasteiger partial charge in [0.15, 0.2) is 5.82 Å². The number of benzene rings is 1. The van der Waals surface area contributed by atoms with Crippen LogP contribution in [0.4, 0.5) is 10.2 Å². The Hall–Kier alpha value is -3.13. The van der Waals surface area contributed by atoms with Gasteiger partial charge in [0.2, 0.25) is 0 Å². The molecule has 8 heteroatoms. The highest BCUT2D eigenvalue weighted by atomic mass is 32.2. The van der Waals surface area contributed by atoms with Crippen LogP contribution in [0.3, 0.4) is 0 Å². The van der Waals surface area contributed by atoms with Crippen LogP contribution in [-0.4, -0.2) is 32.6 Å². The monoisotopic (exact) mass is 433 g/mol. The van der Waals surface area contributed by atoms with E-state index in [-0.39, 0.29) is 23.5 Å². The number of hydrogen-bond donors (Lipinski definition) is 1. The van der Waals surface area contributed by atoms with Crippen molar-refractivity contribution in [3.63, 3.8) is 0 Å². The van der Waals surface area contributed by atoms with E-state index in [1.54, 1.807) is 24.5 Å². The summed E-state index contributed by atoms with van der Waals surface area (Å²) in [5.41, 5.74) is 2.50. The minimum absolute atomic E-state index is 0.185. The van der Waals surface area contributed by atoms with Crippen LogP contribution in [0.5, 0.6) is 0 Å². The number of amides is 1. The number of nitrogens with one attached hydrogen (secondary N) is 1. The molecular formula is C23H20FN5OS. The number of carbonyl (C=O) groups excluding carboxylic acids is 1. The van der Waals surface area contributed by atoms with Crippen molar-refractivity contribution in [3.8, 4) is 0 Å². The summed E-state index contributed by atoms with van der Waals surface area (Å²) in [5.74, 6) is -0.171. The predicted molar refractivity (Wildman–Crippen MR) is 116 cm³/mol. The molecule has 3 aromatic rings. The fourth-order valence-electron chi connectivity index (χ4n) is 3.88. The van der Waals surface area contributed by atoms with Crippen molar-refractivity contribution in [2.45, 2.75) is 48.1 Å². The van der Waals surface area contributed by atoms with Gasteiger partial charge in [-0.25, -0.2) is 19.4 Å². The number of rotatable bonds is 3. The largest absolute Gasteiger partial charge is 0.348 e. The standard InChI is InChI=1S/C23H20FN5OS/c24-15-8-6-14(7-9-15)20-17-10-11-25-13-19(17)31-23-21(29-20)28-18(12-26-23)22(30)27-16-4-2-1-3-5-16/h6-13,16H,1-5H2,(H,27,30). The topological polar surface area (TPSA) is 80.1 Å². The Morgan fingerprint density at radius 3 is 2.68 bits per heavy atom. The molecule has 0 spiro atoms. The van der Waals surface area contributed by atoms with Crippen molar-refractivity contribution >= 4 is 29.2 Å². The van der Waals surface area contributed by atoms with E-state index >= 15 is 0 Å². The summed E-state index contributed by atoms with van der Waals surface area (Å²) >= 11 is 1.40. The van der Waals surface area contributed by atoms with Crippen molar-refractivity contribution < 1.29 is 9.18 Å². The summed E-state index contributed by atoms with van der Waals surface area (Å²) in [6.45, 7) is 0. The minimum atomic E-state index is -0.316. The summed E-state index contributed by atoms with van der Waals surface area (Å²) in [6, 6.07) is 8.22. The lowest BCUT2D eigenvalue weighted by molar-refractivity contribution is 0.0922. The first-order valence-corrected chi connectivity index (χ1v) is 11.1. The van der Waals surface area contributed by atoms with Gasteiger partial charge >= 0.3 is 0 Å². The SMILES string of the molecule is O=C(NC1CCCCC1)c1cnc2c(n1)N=C(c1ccc(F)cc1)c1ccncc1S2. The molecular weight excluding hydrogens is 413 g/mol. The first kappa shape index (κ1) is 19.8. The van der Waals surface area contributed by atoms with Crippen molar-refractivity contribution in [1.82, 2.24) is 20.3 Å². The first-order valence-electron chi connectivity index (χ1n) is 10.3. The van der Waals surface area contributed by atoms with Gasteiger partial charge in [0, 0.05) is 34.5 Å². The lowest BCUT2D eigenvalue weighted by atomic mass is 9.95. The lowest BCUT2D eigenvalue weighted by Crippen LogP contribution is -2.36. The lowest BCUT2D eigenvalue weighted by Gasteiger charge is -2.22. The van der Waals surface area contributed by atoms with Crippen molar-refractivity contribution in [1.29, 1.82) is 0 Å². The molecule has 1 aliphatic heterocycles. The van der Waals surface area contributed by atoms with Gasteiger partial charge in [-0.2, -0.15) is 0 Å². The third-order valence-corrected chi connectivity index (χ3v) is 6.50. The number of halogens is 1. The molecule has 5 rings (SSSR count). The molecule has 0 atom stereocenters. The quantitative estimate of drug-likeness (QED) is 0.506. The fourth-order valence-corrected chi connectivity index (χ4v) is 4.77. The smallest absolute Gasteiger partial charge is 0.271 e. The number of fused-ring (bicyclic) bond motifs is 2. The van der Waals surface area contributed by atoms with Gasteiger partial charge in [-0.3, -0.25) is 9.78 Å². The normalized spacial score (nSPS) is 16.0. The number of pyridine rings is 1. The Morgan fingerprint density at radius 2 is 1.87 bits per heavy atom. The van der Waals surface area contributed by atoms with Crippen LogP contribution in [0.25, 0.3) is 0 Å². The van der Waals surface area contributed by atoms with Gasteiger partial charge in [0.25, 0.3) is 5.91 Å². The molecule has 2 aromatic heterocycles. The van der Waals surface area contributed by atoms with Gasteiger partial charge < -0.3 is 5.32 Å². The highest BCUT2D eigenvalue weighted by molar-refractivity contribution is 7.99. The van der Waals surface area contributed by atoms with Crippen molar-refractivity contribution in [2.24, 2.45) is 4.99 Å². The zero-order valence-electron chi connectivity index (χ0n) is 16.7. The number of aliphatic imine (C=N–C) groups is 1. The molecule has 1 N–H and O–H groups in total. The first-order chi connectivity index (χ1) is 15.2. The number of nitrogens with zero attached hydrogens (tertiary/aromatic N) is 4. The third-order valence-electron chi connectivity index (χ3n) is 5.48. The van der Waals surface area contributed by atoms with Crippen LogP contribution in [0.2, 0.25) is 0 Å². The van der Waals surface area contributed by atoms with Gasteiger partial charge in [-0.1, -0.05) is 31.0 Å². The summed E-state index contributed by atoms with van der Waals surface area (Å²) in [4.78, 5) is 31.6. The number of aromatic nitrogens is 3. The number of hydrogen-bond acceptors (Lipinski definition) is 6. The summed E-state index contributed by atoms with van der Waals surface area (Å²) in [6.07, 6.45) is 10.4. The molecule has 1 saturated carbocycles. The molecule has 2 aliphatic rings. The molecule has 6 nitrogen and oxygen atoms in total. The molecule has 1 amide bonds. The second-order valence-electron chi connectivity index (χ2n) is 7.63. The van der Waals surface area contributed by atoms with E-state index < -0.39 is 0 Å². The van der Waals surface area contributed by atoms with Gasteiger partial charge in [0.05, 0.1) is 11.9 Å². The third kappa shape index (κ3) is 4.20. The molecule has 1 aromatic carbocycles. The summed E-state index contributed by atoms with van der Waals surface area (Å²) in [5, 5.41) is 3.67. The summed E-state index contributed by atoms with van der Waals surface area (Å²) in [7, 11) is 0. The average molecular weight is 434 g/mol. The van der Waals surface area contributed by atoms with Crippen LogP contribution < -0.4 is 5.32 Å². The zero-order valence-corrected chi connectivity index (χ0v) is 17.5. The Morgan fingerprint density at radius 1 is 1.06 bits per heavy atom. The molecule has 0 bridgehead atoms. The molecule has 3 heterocycles. The van der Waals surface area contributed by atoms with Crippen LogP contribution in [0, 0.1) is 5.82 Å². The molecule has 1 aliphatic carbocycles. The Kier molecular flexibility index (Phi) is 5.46. The molecule has 0 saturated heterocycles. The predicted octanol–water partition coefficient (Wildman–Crippen LogP) is 4.71. The van der Waals surface area contributed by atoms with E-state index in [2.05, 4.69) is 20.3 Å². The van der Waals surface area contributed by atoms with Crippen LogP contribution in [0.1, 0.15) is 53.7 Å². The average Bonchev–Trinajstić information content (AvgIpc) is 2.96. The molecule has 1 fully saturated rings. The molecule has 0 unspecified atom stereocenters. The maximum absolute atomic E-state index is 13.5. The van der Waals surface area contributed by atoms with Gasteiger partial charge in [-0.05, 0) is 43.2 Å². The fraction of sp³-hybridized carbons (Fsp3) is 0.261. The highest BCUT2D eigenvalue weighted by Crippen LogP contribution is 2.38. The number of carbonyl (C=O) groups is 1. The van der Waals surface area contributed by atoms with Crippen molar-refractivity contribution in [3.05, 3.63) is 71.6 Å². The van der Waals surface area contributed by atoms with Crippen LogP contribution >= 0.6 is 11.8 Å². The maximum Gasteiger partial charge on any atom is 0.271 e. The maximum atomic E-state index is 13.5. The van der Waals surface area contributed by atoms with E-state index in [4.69, 9.17) is 4.99 Å². The van der Waals surface area contributed by atoms with E-state index in [0.29, 0.717) is 16.6 Å². The highest BCUT2D eigenvalue weighted by Gasteiger charge is 2.23. The molecule has 0 radical (unpaired) electrons. The van der Waals surface area contributed by atoms with Gasteiger partial charge in [-0.15, -0.1) is 0 Å². The Balaban J connectivity index is 1.54. The van der Waals surface area contributed by atoms with E-state index in [9.17, 15) is 9.18 Å². The van der Waals surface area contributed by atoms with E-state index in [1.165, 1.54) is 36.5 Å². The van der Waals surface area contributed by atoms with Crippen LogP contribution in [-0.2, 0) is 0 Å². The van der Waals surface area contributed by atoms with Crippen molar-refractivity contribution in [2.75, 3.05) is 0 Å². The molecule has 156 valence electrons.